The van der Waals surface area contributed by atoms with Gasteiger partial charge in [0.2, 0.25) is 0 Å². The van der Waals surface area contributed by atoms with Crippen molar-refractivity contribution in [3.63, 3.8) is 0 Å². The number of hydrogen-bond donors (Lipinski definition) is 0. The Balaban J connectivity index is 1.38. The first-order valence-electron chi connectivity index (χ1n) is 9.24. The van der Waals surface area contributed by atoms with E-state index in [1.807, 2.05) is 4.90 Å². The molecule has 0 spiro atoms. The van der Waals surface area contributed by atoms with Crippen LogP contribution in [0.1, 0.15) is 47.5 Å². The van der Waals surface area contributed by atoms with Gasteiger partial charge in [0, 0.05) is 25.7 Å². The molecule has 138 valence electrons. The van der Waals surface area contributed by atoms with E-state index >= 15 is 0 Å². The van der Waals surface area contributed by atoms with Crippen molar-refractivity contribution in [2.75, 3.05) is 13.1 Å². The van der Waals surface area contributed by atoms with Crippen LogP contribution in [0.5, 0.6) is 0 Å². The van der Waals surface area contributed by atoms with E-state index in [0.717, 1.165) is 49.8 Å². The second kappa shape index (κ2) is 7.39. The molecule has 0 atom stereocenters. The number of nitrogens with zero attached hydrogens (tertiary/aromatic N) is 3. The molecular formula is C19H22BrN3O3. The van der Waals surface area contributed by atoms with Crippen molar-refractivity contribution in [1.29, 1.82) is 0 Å². The van der Waals surface area contributed by atoms with E-state index in [1.54, 1.807) is 22.9 Å². The molecule has 7 heteroatoms. The number of fused-ring (bicyclic) bond motifs is 1. The minimum absolute atomic E-state index is 0.00425. The number of furan rings is 1. The topological polar surface area (TPSA) is 68.3 Å². The number of hydrogen-bond acceptors (Lipinski definition) is 4. The molecule has 1 amide bonds. The summed E-state index contributed by atoms with van der Waals surface area (Å²) in [6.45, 7) is 2.00. The summed E-state index contributed by atoms with van der Waals surface area (Å²) < 4.78 is 7.56. The molecule has 2 aromatic heterocycles. The fraction of sp³-hybridized carbons (Fsp3) is 0.526. The van der Waals surface area contributed by atoms with Crippen LogP contribution in [-0.4, -0.2) is 33.7 Å². The van der Waals surface area contributed by atoms with Gasteiger partial charge in [-0.2, -0.15) is 5.10 Å². The molecule has 26 heavy (non-hydrogen) atoms. The van der Waals surface area contributed by atoms with Crippen molar-refractivity contribution in [1.82, 2.24) is 14.7 Å². The first kappa shape index (κ1) is 17.5. The van der Waals surface area contributed by atoms with E-state index in [-0.39, 0.29) is 11.5 Å². The third-order valence-electron chi connectivity index (χ3n) is 5.39. The van der Waals surface area contributed by atoms with E-state index in [1.165, 1.54) is 0 Å². The quantitative estimate of drug-likeness (QED) is 0.766. The number of carbonyl (C=O) groups is 1. The van der Waals surface area contributed by atoms with Crippen molar-refractivity contribution in [2.24, 2.45) is 5.92 Å². The summed E-state index contributed by atoms with van der Waals surface area (Å²) in [6, 6.07) is 5.19. The number of rotatable bonds is 3. The number of piperidine rings is 1. The largest absolute Gasteiger partial charge is 0.444 e. The Morgan fingerprint density at radius 1 is 1.23 bits per heavy atom. The predicted molar refractivity (Wildman–Crippen MR) is 100 cm³/mol. The smallest absolute Gasteiger partial charge is 0.289 e. The number of halogens is 1. The van der Waals surface area contributed by atoms with Gasteiger partial charge in [-0.05, 0) is 78.1 Å². The predicted octanol–water partition coefficient (Wildman–Crippen LogP) is 3.03. The Hall–Kier alpha value is -1.89. The lowest BCUT2D eigenvalue weighted by molar-refractivity contribution is 0.0647. The van der Waals surface area contributed by atoms with E-state index in [2.05, 4.69) is 21.0 Å². The first-order chi connectivity index (χ1) is 12.6. The second-order valence-corrected chi connectivity index (χ2v) is 7.96. The Kier molecular flexibility index (Phi) is 4.98. The molecule has 0 saturated carbocycles. The molecule has 6 nitrogen and oxygen atoms in total. The maximum atomic E-state index is 12.4. The van der Waals surface area contributed by atoms with Gasteiger partial charge in [0.1, 0.15) is 0 Å². The molecule has 1 aliphatic heterocycles. The number of likely N-dealkylation sites (tertiary alicyclic amines) is 1. The minimum Gasteiger partial charge on any atom is -0.444 e. The Labute approximate surface area is 160 Å². The van der Waals surface area contributed by atoms with Crippen LogP contribution in [0.2, 0.25) is 0 Å². The first-order valence-corrected chi connectivity index (χ1v) is 10.0. The normalized spacial score (nSPS) is 18.0. The maximum absolute atomic E-state index is 12.4. The molecule has 4 rings (SSSR count). The standard InChI is InChI=1S/C19H22BrN3O3/c20-17-6-5-16(26-17)19(25)22-9-7-13(8-10-22)12-23-18(24)11-14-3-1-2-4-15(14)21-23/h5-6,11,13H,1-4,7-10,12H2. The average Bonchev–Trinajstić information content (AvgIpc) is 3.09. The zero-order valence-corrected chi connectivity index (χ0v) is 16.2. The third kappa shape index (κ3) is 3.63. The van der Waals surface area contributed by atoms with Crippen LogP contribution in [0.3, 0.4) is 0 Å². The highest BCUT2D eigenvalue weighted by Gasteiger charge is 2.26. The van der Waals surface area contributed by atoms with Crippen molar-refractivity contribution in [2.45, 2.75) is 45.1 Å². The van der Waals surface area contributed by atoms with Gasteiger partial charge in [-0.1, -0.05) is 0 Å². The summed E-state index contributed by atoms with van der Waals surface area (Å²) in [5.74, 6) is 0.662. The minimum atomic E-state index is -0.0711. The zero-order chi connectivity index (χ0) is 18.1. The number of amides is 1. The summed E-state index contributed by atoms with van der Waals surface area (Å²) in [5.41, 5.74) is 2.22. The molecule has 3 heterocycles. The van der Waals surface area contributed by atoms with Gasteiger partial charge in [-0.25, -0.2) is 4.68 Å². The Morgan fingerprint density at radius 2 is 2.00 bits per heavy atom. The Bertz CT molecular complexity index is 865. The van der Waals surface area contributed by atoms with Crippen molar-refractivity contribution >= 4 is 21.8 Å². The molecule has 1 fully saturated rings. The lowest BCUT2D eigenvalue weighted by atomic mass is 9.95. The van der Waals surface area contributed by atoms with Crippen LogP contribution in [0, 0.1) is 5.92 Å². The molecule has 1 saturated heterocycles. The highest BCUT2D eigenvalue weighted by atomic mass is 79.9. The monoisotopic (exact) mass is 419 g/mol. The second-order valence-electron chi connectivity index (χ2n) is 7.18. The summed E-state index contributed by atoms with van der Waals surface area (Å²) in [4.78, 5) is 26.6. The molecule has 0 bridgehead atoms. The Morgan fingerprint density at radius 3 is 2.73 bits per heavy atom. The highest BCUT2D eigenvalue weighted by molar-refractivity contribution is 9.10. The van der Waals surface area contributed by atoms with E-state index in [0.29, 0.717) is 36.0 Å². The van der Waals surface area contributed by atoms with Crippen LogP contribution in [0.25, 0.3) is 0 Å². The number of aromatic nitrogens is 2. The van der Waals surface area contributed by atoms with Gasteiger partial charge < -0.3 is 9.32 Å². The van der Waals surface area contributed by atoms with Gasteiger partial charge in [-0.3, -0.25) is 9.59 Å². The fourth-order valence-corrected chi connectivity index (χ4v) is 4.19. The third-order valence-corrected chi connectivity index (χ3v) is 5.82. The molecule has 0 aromatic carbocycles. The van der Waals surface area contributed by atoms with Gasteiger partial charge in [-0.15, -0.1) is 0 Å². The van der Waals surface area contributed by atoms with Crippen LogP contribution >= 0.6 is 15.9 Å². The molecule has 0 radical (unpaired) electrons. The average molecular weight is 420 g/mol. The molecule has 2 aromatic rings. The number of carbonyl (C=O) groups excluding carboxylic acids is 1. The summed E-state index contributed by atoms with van der Waals surface area (Å²) in [5, 5.41) is 4.61. The van der Waals surface area contributed by atoms with Gasteiger partial charge in [0.05, 0.1) is 5.69 Å². The van der Waals surface area contributed by atoms with Crippen LogP contribution in [-0.2, 0) is 19.4 Å². The van der Waals surface area contributed by atoms with Crippen molar-refractivity contribution < 1.29 is 9.21 Å². The van der Waals surface area contributed by atoms with Gasteiger partial charge >= 0.3 is 0 Å². The zero-order valence-electron chi connectivity index (χ0n) is 14.6. The molecular weight excluding hydrogens is 398 g/mol. The van der Waals surface area contributed by atoms with E-state index in [4.69, 9.17) is 4.42 Å². The highest BCUT2D eigenvalue weighted by Crippen LogP contribution is 2.23. The summed E-state index contributed by atoms with van der Waals surface area (Å²) >= 11 is 3.23. The SMILES string of the molecule is O=C(c1ccc(Br)o1)N1CCC(Cn2nc3c(cc2=O)CCCC3)CC1. The van der Waals surface area contributed by atoms with Crippen LogP contribution in [0.4, 0.5) is 0 Å². The van der Waals surface area contributed by atoms with Gasteiger partial charge in [0.15, 0.2) is 10.4 Å². The molecule has 0 unspecified atom stereocenters. The fourth-order valence-electron chi connectivity index (χ4n) is 3.88. The molecule has 0 N–H and O–H groups in total. The molecule has 2 aliphatic rings. The van der Waals surface area contributed by atoms with E-state index in [9.17, 15) is 9.59 Å². The summed E-state index contributed by atoms with van der Waals surface area (Å²) in [6.07, 6.45) is 6.00. The lowest BCUT2D eigenvalue weighted by Gasteiger charge is -2.31. The number of aryl methyl sites for hydroxylation is 2. The molecule has 1 aliphatic carbocycles. The van der Waals surface area contributed by atoms with Gasteiger partial charge in [0.25, 0.3) is 11.5 Å². The van der Waals surface area contributed by atoms with Crippen molar-refractivity contribution in [3.8, 4) is 0 Å². The van der Waals surface area contributed by atoms with Crippen molar-refractivity contribution in [3.05, 3.63) is 50.2 Å². The van der Waals surface area contributed by atoms with Crippen LogP contribution in [0.15, 0.2) is 32.1 Å². The lowest BCUT2D eigenvalue weighted by Crippen LogP contribution is -2.40. The van der Waals surface area contributed by atoms with Crippen LogP contribution < -0.4 is 5.56 Å². The maximum Gasteiger partial charge on any atom is 0.289 e. The van der Waals surface area contributed by atoms with E-state index < -0.39 is 0 Å². The summed E-state index contributed by atoms with van der Waals surface area (Å²) in [7, 11) is 0.